The summed E-state index contributed by atoms with van der Waals surface area (Å²) in [5, 5.41) is 0. The highest BCUT2D eigenvalue weighted by molar-refractivity contribution is 6.09. The van der Waals surface area contributed by atoms with Crippen LogP contribution in [0.5, 0.6) is 0 Å². The van der Waals surface area contributed by atoms with Gasteiger partial charge in [-0.15, -0.1) is 0 Å². The first kappa shape index (κ1) is 18.7. The molecule has 0 spiro atoms. The first-order valence-electron chi connectivity index (χ1n) is 9.00. The van der Waals surface area contributed by atoms with Crippen molar-refractivity contribution in [3.8, 4) is 0 Å². The van der Waals surface area contributed by atoms with E-state index in [1.165, 1.54) is 20.1 Å². The Morgan fingerprint density at radius 2 is 1.10 bits per heavy atom. The number of rotatable bonds is 6. The summed E-state index contributed by atoms with van der Waals surface area (Å²) in [7, 11) is 11.4. The van der Waals surface area contributed by atoms with E-state index in [9.17, 15) is 0 Å². The van der Waals surface area contributed by atoms with Crippen molar-refractivity contribution in [1.82, 2.24) is 18.9 Å². The first-order chi connectivity index (χ1) is 14.2. The van der Waals surface area contributed by atoms with Gasteiger partial charge in [-0.1, -0.05) is 24.3 Å². The fourth-order valence-corrected chi connectivity index (χ4v) is 2.75. The van der Waals surface area contributed by atoms with E-state index in [4.69, 9.17) is 16.0 Å². The van der Waals surface area contributed by atoms with Crippen molar-refractivity contribution in [2.75, 3.05) is 0 Å². The quantitative estimate of drug-likeness (QED) is 0.385. The lowest BCUT2D eigenvalue weighted by molar-refractivity contribution is 1.18. The predicted molar refractivity (Wildman–Crippen MR) is 117 cm³/mol. The molecule has 2 aromatic carbocycles. The Balaban J connectivity index is 1.38. The van der Waals surface area contributed by atoms with Crippen molar-refractivity contribution in [3.05, 3.63) is 96.1 Å². The molecule has 0 amide bonds. The number of nitrogens with zero attached hydrogens (tertiary/aromatic N) is 6. The van der Waals surface area contributed by atoms with Gasteiger partial charge in [-0.05, 0) is 41.8 Å². The van der Waals surface area contributed by atoms with Crippen molar-refractivity contribution >= 4 is 39.8 Å². The maximum absolute atomic E-state index is 5.72. The monoisotopic (exact) mass is 374 g/mol. The number of imidazole rings is 2. The minimum atomic E-state index is 0.604. The van der Waals surface area contributed by atoms with E-state index >= 15 is 0 Å². The summed E-state index contributed by atoms with van der Waals surface area (Å²) in [4.78, 5) is 17.0. The molecule has 0 aliphatic carbocycles. The van der Waals surface area contributed by atoms with Crippen LogP contribution in [0.4, 0.5) is 11.4 Å². The van der Waals surface area contributed by atoms with Crippen LogP contribution in [-0.4, -0.2) is 47.3 Å². The maximum atomic E-state index is 5.72. The molecule has 29 heavy (non-hydrogen) atoms. The van der Waals surface area contributed by atoms with Crippen molar-refractivity contribution in [2.24, 2.45) is 9.98 Å². The second-order valence-electron chi connectivity index (χ2n) is 6.41. The first-order valence-corrected chi connectivity index (χ1v) is 9.00. The number of aliphatic imine (C=N–C) groups is 2. The molecule has 4 aromatic rings. The molecule has 6 nitrogen and oxygen atoms in total. The van der Waals surface area contributed by atoms with Crippen LogP contribution in [0.2, 0.25) is 0 Å². The van der Waals surface area contributed by atoms with Crippen molar-refractivity contribution in [3.63, 3.8) is 0 Å². The molecule has 4 rings (SSSR count). The summed E-state index contributed by atoms with van der Waals surface area (Å²) < 4.78 is 2.85. The Hall–Kier alpha value is -3.67. The van der Waals surface area contributed by atoms with Gasteiger partial charge in [0.05, 0.1) is 23.8 Å². The largest absolute Gasteiger partial charge is 0.386 e. The highest BCUT2D eigenvalue weighted by atomic mass is 15.0. The molecule has 0 bridgehead atoms. The van der Waals surface area contributed by atoms with Crippen LogP contribution in [0.1, 0.15) is 22.8 Å². The predicted octanol–water partition coefficient (Wildman–Crippen LogP) is 3.03. The van der Waals surface area contributed by atoms with Gasteiger partial charge in [-0.25, -0.2) is 9.97 Å². The minimum absolute atomic E-state index is 0.604. The summed E-state index contributed by atoms with van der Waals surface area (Å²) in [5.41, 5.74) is 4.09. The molecule has 0 aliphatic rings. The van der Waals surface area contributed by atoms with Crippen LogP contribution < -0.4 is 0 Å². The summed E-state index contributed by atoms with van der Waals surface area (Å²) in [5.74, 6) is 1.21. The summed E-state index contributed by atoms with van der Waals surface area (Å²) in [6.45, 7) is 0. The zero-order valence-electron chi connectivity index (χ0n) is 15.6. The van der Waals surface area contributed by atoms with Gasteiger partial charge < -0.3 is 8.96 Å². The third-order valence-electron chi connectivity index (χ3n) is 4.34. The normalized spacial score (nSPS) is 11.6. The van der Waals surface area contributed by atoms with E-state index in [1.54, 1.807) is 37.2 Å². The average Bonchev–Trinajstić information content (AvgIpc) is 3.34. The molecule has 0 N–H and O–H groups in total. The lowest BCUT2D eigenvalue weighted by Gasteiger charge is -2.03. The van der Waals surface area contributed by atoms with Crippen LogP contribution in [0.25, 0.3) is 0 Å². The summed E-state index contributed by atoms with van der Waals surface area (Å²) in [6, 6.07) is 16.2. The second-order valence-corrected chi connectivity index (χ2v) is 6.41. The van der Waals surface area contributed by atoms with E-state index in [-0.39, 0.29) is 0 Å². The van der Waals surface area contributed by atoms with Gasteiger partial charge in [0.1, 0.15) is 11.6 Å². The Morgan fingerprint density at radius 3 is 1.45 bits per heavy atom. The number of benzene rings is 2. The fraction of sp³-hybridized carbons (Fsp3) is 0.0476. The number of aromatic nitrogens is 4. The van der Waals surface area contributed by atoms with Crippen LogP contribution in [0.15, 0.2) is 83.3 Å². The van der Waals surface area contributed by atoms with E-state index in [0.29, 0.717) is 11.6 Å². The number of hydrogen-bond acceptors (Lipinski definition) is 4. The van der Waals surface area contributed by atoms with Gasteiger partial charge in [0, 0.05) is 24.8 Å². The van der Waals surface area contributed by atoms with Crippen molar-refractivity contribution in [1.29, 1.82) is 0 Å². The molecule has 0 saturated heterocycles. The van der Waals surface area contributed by atoms with Crippen LogP contribution in [0.3, 0.4) is 0 Å². The van der Waals surface area contributed by atoms with E-state index < -0.39 is 0 Å². The molecule has 2 aromatic heterocycles. The molecular weight excluding hydrogens is 358 g/mol. The minimum Gasteiger partial charge on any atom is -0.386 e. The third-order valence-corrected chi connectivity index (χ3v) is 4.34. The van der Waals surface area contributed by atoms with Gasteiger partial charge in [-0.2, -0.15) is 0 Å². The Kier molecular flexibility index (Phi) is 5.51. The molecule has 8 heteroatoms. The van der Waals surface area contributed by atoms with Gasteiger partial charge >= 0.3 is 0 Å². The lowest BCUT2D eigenvalue weighted by atomic mass is 10.0. The van der Waals surface area contributed by atoms with Gasteiger partial charge in [0.15, 0.2) is 0 Å². The average molecular weight is 374 g/mol. The Labute approximate surface area is 171 Å². The van der Waals surface area contributed by atoms with Gasteiger partial charge in [-0.3, -0.25) is 9.98 Å². The van der Waals surface area contributed by atoms with Gasteiger partial charge in [0.2, 0.25) is 16.0 Å². The van der Waals surface area contributed by atoms with Crippen molar-refractivity contribution < 1.29 is 0 Å². The SMILES string of the molecule is [B]n1ccnc1C=Nc1ccc(Cc2ccc(N=Cc3nccn3[B])cc2)cc1. The highest BCUT2D eigenvalue weighted by Crippen LogP contribution is 2.18. The molecule has 0 fully saturated rings. The molecular formula is C21H16B2N6. The zero-order valence-corrected chi connectivity index (χ0v) is 15.6. The number of hydrogen-bond donors (Lipinski definition) is 0. The third kappa shape index (κ3) is 4.79. The molecule has 0 unspecified atom stereocenters. The van der Waals surface area contributed by atoms with Gasteiger partial charge in [0.25, 0.3) is 0 Å². The standard InChI is InChI=1S/C21H16B2N6/c22-28-11-9-24-20(28)14-26-18-5-1-16(2-6-18)13-17-3-7-19(8-4-17)27-15-21-25-10-12-29(21)23/h1-12,14-15H,13H2. The van der Waals surface area contributed by atoms with E-state index in [0.717, 1.165) is 17.8 Å². The molecule has 0 saturated carbocycles. The topological polar surface area (TPSA) is 60.4 Å². The Bertz CT molecular complexity index is 1050. The second kappa shape index (κ2) is 8.56. The van der Waals surface area contributed by atoms with Crippen LogP contribution in [-0.2, 0) is 6.42 Å². The van der Waals surface area contributed by atoms with Crippen LogP contribution in [0, 0.1) is 0 Å². The highest BCUT2D eigenvalue weighted by Gasteiger charge is 1.99. The lowest BCUT2D eigenvalue weighted by Crippen LogP contribution is -1.97. The van der Waals surface area contributed by atoms with Crippen molar-refractivity contribution in [2.45, 2.75) is 6.42 Å². The Morgan fingerprint density at radius 1 is 0.690 bits per heavy atom. The zero-order chi connectivity index (χ0) is 20.1. The van der Waals surface area contributed by atoms with E-state index in [1.807, 2.05) is 24.3 Å². The molecule has 136 valence electrons. The smallest absolute Gasteiger partial charge is 0.236 e. The fourth-order valence-electron chi connectivity index (χ4n) is 2.75. The van der Waals surface area contributed by atoms with Crippen LogP contribution >= 0.6 is 0 Å². The summed E-state index contributed by atoms with van der Waals surface area (Å²) in [6.07, 6.45) is 10.7. The molecule has 0 atom stereocenters. The van der Waals surface area contributed by atoms with E-state index in [2.05, 4.69) is 44.2 Å². The molecule has 2 heterocycles. The molecule has 0 aliphatic heterocycles. The maximum Gasteiger partial charge on any atom is 0.236 e. The summed E-state index contributed by atoms with van der Waals surface area (Å²) >= 11 is 0. The molecule has 4 radical (unpaired) electrons.